The Bertz CT molecular complexity index is 939. The van der Waals surface area contributed by atoms with Gasteiger partial charge in [0.05, 0.1) is 30.2 Å². The predicted molar refractivity (Wildman–Crippen MR) is 106 cm³/mol. The van der Waals surface area contributed by atoms with Gasteiger partial charge < -0.3 is 18.9 Å². The van der Waals surface area contributed by atoms with Crippen molar-refractivity contribution >= 4 is 29.4 Å². The summed E-state index contributed by atoms with van der Waals surface area (Å²) in [6, 6.07) is 6.67. The first-order valence-electron chi connectivity index (χ1n) is 10.1. The number of hydrogen-bond donors (Lipinski definition) is 0. The Balaban J connectivity index is 1.65. The maximum absolute atomic E-state index is 13.4. The van der Waals surface area contributed by atoms with Crippen LogP contribution in [0.15, 0.2) is 36.4 Å². The highest BCUT2D eigenvalue weighted by Gasteiger charge is 2.72. The average Bonchev–Trinajstić information content (AvgIpc) is 3.37. The predicted octanol–water partition coefficient (Wildman–Crippen LogP) is 1.74. The van der Waals surface area contributed by atoms with Gasteiger partial charge in [-0.1, -0.05) is 13.0 Å². The standard InChI is InChI=1S/C22H23NO8/c1-4-11-28-15-7-5-14(6-8-15)23-19(26)17-16-9-10-22(31-16,18(17)20(23)27)21(29-12(2)24)30-13(3)25/h5-10,16-18,21H,4,11H2,1-3H3/t16-,17+,18-,22-/m1/s1. The van der Waals surface area contributed by atoms with Gasteiger partial charge in [0.25, 0.3) is 6.29 Å². The van der Waals surface area contributed by atoms with Gasteiger partial charge in [0.2, 0.25) is 11.8 Å². The van der Waals surface area contributed by atoms with Crippen LogP contribution in [0.1, 0.15) is 27.2 Å². The lowest BCUT2D eigenvalue weighted by Crippen LogP contribution is -2.52. The molecule has 4 rings (SSSR count). The fourth-order valence-corrected chi connectivity index (χ4v) is 4.38. The van der Waals surface area contributed by atoms with Crippen LogP contribution in [0.2, 0.25) is 0 Å². The molecule has 0 radical (unpaired) electrons. The Kier molecular flexibility index (Phi) is 5.30. The van der Waals surface area contributed by atoms with E-state index in [1.165, 1.54) is 0 Å². The number of carbonyl (C=O) groups excluding carboxylic acids is 4. The Morgan fingerprint density at radius 2 is 1.74 bits per heavy atom. The van der Waals surface area contributed by atoms with Crippen LogP contribution in [0, 0.1) is 11.8 Å². The normalized spacial score (nSPS) is 28.3. The van der Waals surface area contributed by atoms with E-state index in [9.17, 15) is 19.2 Å². The Morgan fingerprint density at radius 1 is 1.10 bits per heavy atom. The number of esters is 2. The van der Waals surface area contributed by atoms with E-state index in [2.05, 4.69) is 0 Å². The third-order valence-electron chi connectivity index (χ3n) is 5.56. The molecule has 2 fully saturated rings. The third-order valence-corrected chi connectivity index (χ3v) is 5.56. The largest absolute Gasteiger partial charge is 0.494 e. The molecule has 2 amide bonds. The van der Waals surface area contributed by atoms with Crippen molar-refractivity contribution in [1.82, 2.24) is 0 Å². The molecule has 0 saturated carbocycles. The van der Waals surface area contributed by atoms with Crippen LogP contribution in [-0.2, 0) is 33.4 Å². The number of fused-ring (bicyclic) bond motifs is 5. The molecular weight excluding hydrogens is 406 g/mol. The molecular formula is C22H23NO8. The molecule has 164 valence electrons. The van der Waals surface area contributed by atoms with Crippen LogP contribution >= 0.6 is 0 Å². The van der Waals surface area contributed by atoms with Crippen molar-refractivity contribution in [3.63, 3.8) is 0 Å². The number of imide groups is 1. The van der Waals surface area contributed by atoms with Crippen LogP contribution in [0.5, 0.6) is 5.75 Å². The zero-order chi connectivity index (χ0) is 22.3. The van der Waals surface area contributed by atoms with Gasteiger partial charge in [-0.15, -0.1) is 0 Å². The summed E-state index contributed by atoms with van der Waals surface area (Å²) in [5, 5.41) is 0. The molecule has 2 bridgehead atoms. The van der Waals surface area contributed by atoms with E-state index in [0.717, 1.165) is 25.2 Å². The number of carbonyl (C=O) groups is 4. The summed E-state index contributed by atoms with van der Waals surface area (Å²) in [5.74, 6) is -3.50. The number of ether oxygens (including phenoxy) is 4. The van der Waals surface area contributed by atoms with Crippen LogP contribution in [0.3, 0.4) is 0 Å². The molecule has 0 aromatic heterocycles. The zero-order valence-corrected chi connectivity index (χ0v) is 17.4. The highest BCUT2D eigenvalue weighted by atomic mass is 16.7. The second-order valence-electron chi connectivity index (χ2n) is 7.70. The molecule has 3 aliphatic heterocycles. The molecule has 3 heterocycles. The molecule has 1 aromatic rings. The topological polar surface area (TPSA) is 108 Å². The molecule has 0 aliphatic carbocycles. The van der Waals surface area contributed by atoms with E-state index in [1.807, 2.05) is 6.92 Å². The number of hydrogen-bond acceptors (Lipinski definition) is 8. The Morgan fingerprint density at radius 3 is 2.32 bits per heavy atom. The van der Waals surface area contributed by atoms with E-state index in [-0.39, 0.29) is 0 Å². The summed E-state index contributed by atoms with van der Waals surface area (Å²) < 4.78 is 21.9. The second-order valence-corrected chi connectivity index (χ2v) is 7.70. The summed E-state index contributed by atoms with van der Waals surface area (Å²) in [5.41, 5.74) is -1.16. The monoisotopic (exact) mass is 429 g/mol. The van der Waals surface area contributed by atoms with Gasteiger partial charge in [-0.2, -0.15) is 0 Å². The number of amides is 2. The van der Waals surface area contributed by atoms with E-state index >= 15 is 0 Å². The van der Waals surface area contributed by atoms with E-state index < -0.39 is 53.6 Å². The molecule has 4 atom stereocenters. The first-order chi connectivity index (χ1) is 14.8. The number of rotatable bonds is 7. The highest BCUT2D eigenvalue weighted by molar-refractivity contribution is 6.23. The van der Waals surface area contributed by atoms with E-state index in [4.69, 9.17) is 18.9 Å². The van der Waals surface area contributed by atoms with Gasteiger partial charge in [0.15, 0.2) is 5.60 Å². The summed E-state index contributed by atoms with van der Waals surface area (Å²) in [7, 11) is 0. The van der Waals surface area contributed by atoms with E-state index in [1.54, 1.807) is 36.4 Å². The summed E-state index contributed by atoms with van der Waals surface area (Å²) >= 11 is 0. The lowest BCUT2D eigenvalue weighted by atomic mass is 9.76. The van der Waals surface area contributed by atoms with Gasteiger partial charge in [-0.25, -0.2) is 4.90 Å². The van der Waals surface area contributed by atoms with Crippen molar-refractivity contribution in [2.45, 2.75) is 45.2 Å². The lowest BCUT2D eigenvalue weighted by Gasteiger charge is -2.34. The first kappa shape index (κ1) is 21.0. The van der Waals surface area contributed by atoms with Gasteiger partial charge in [0, 0.05) is 13.8 Å². The molecule has 0 N–H and O–H groups in total. The van der Waals surface area contributed by atoms with Crippen molar-refractivity contribution in [2.24, 2.45) is 11.8 Å². The van der Waals surface area contributed by atoms with E-state index in [0.29, 0.717) is 18.0 Å². The molecule has 0 spiro atoms. The molecule has 1 aromatic carbocycles. The van der Waals surface area contributed by atoms with Crippen LogP contribution < -0.4 is 9.64 Å². The minimum Gasteiger partial charge on any atom is -0.494 e. The third kappa shape index (κ3) is 3.38. The van der Waals surface area contributed by atoms with Crippen molar-refractivity contribution in [1.29, 1.82) is 0 Å². The number of nitrogens with zero attached hydrogens (tertiary/aromatic N) is 1. The zero-order valence-electron chi connectivity index (χ0n) is 17.4. The Hall–Kier alpha value is -3.20. The highest BCUT2D eigenvalue weighted by Crippen LogP contribution is 2.54. The fourth-order valence-electron chi connectivity index (χ4n) is 4.38. The molecule has 0 unspecified atom stereocenters. The summed E-state index contributed by atoms with van der Waals surface area (Å²) in [4.78, 5) is 51.0. The van der Waals surface area contributed by atoms with Crippen LogP contribution in [0.25, 0.3) is 0 Å². The molecule has 9 nitrogen and oxygen atoms in total. The number of benzene rings is 1. The van der Waals surface area contributed by atoms with Crippen molar-refractivity contribution in [2.75, 3.05) is 11.5 Å². The first-order valence-corrected chi connectivity index (χ1v) is 10.1. The molecule has 31 heavy (non-hydrogen) atoms. The second kappa shape index (κ2) is 7.81. The summed E-state index contributed by atoms with van der Waals surface area (Å²) in [6.45, 7) is 4.87. The minimum absolute atomic E-state index is 0.402. The average molecular weight is 429 g/mol. The number of anilines is 1. The summed E-state index contributed by atoms with van der Waals surface area (Å²) in [6.07, 6.45) is 1.87. The smallest absolute Gasteiger partial charge is 0.305 e. The van der Waals surface area contributed by atoms with Crippen LogP contribution in [-0.4, -0.2) is 48.4 Å². The van der Waals surface area contributed by atoms with Gasteiger partial charge in [0.1, 0.15) is 5.75 Å². The maximum atomic E-state index is 13.4. The van der Waals surface area contributed by atoms with Gasteiger partial charge in [-0.05, 0) is 36.8 Å². The van der Waals surface area contributed by atoms with Crippen LogP contribution in [0.4, 0.5) is 5.69 Å². The van der Waals surface area contributed by atoms with Gasteiger partial charge >= 0.3 is 11.9 Å². The molecule has 2 saturated heterocycles. The quantitative estimate of drug-likeness (QED) is 0.279. The molecule has 3 aliphatic rings. The van der Waals surface area contributed by atoms with Crippen molar-refractivity contribution < 1.29 is 38.1 Å². The molecule has 9 heteroatoms. The SMILES string of the molecule is CCCOc1ccc(N2C(=O)[C@H]3[C@H]4C=C[C@@](C(OC(C)=O)OC(C)=O)(O4)[C@H]3C2=O)cc1. The lowest BCUT2D eigenvalue weighted by molar-refractivity contribution is -0.226. The Labute approximate surface area is 178 Å². The van der Waals surface area contributed by atoms with Crippen molar-refractivity contribution in [3.05, 3.63) is 36.4 Å². The van der Waals surface area contributed by atoms with Gasteiger partial charge in [-0.3, -0.25) is 19.2 Å². The fraction of sp³-hybridized carbons (Fsp3) is 0.455. The maximum Gasteiger partial charge on any atom is 0.305 e. The van der Waals surface area contributed by atoms with Crippen molar-refractivity contribution in [3.8, 4) is 5.75 Å². The minimum atomic E-state index is -1.56.